The fourth-order valence-corrected chi connectivity index (χ4v) is 1.62. The number of aromatic nitrogens is 2. The summed E-state index contributed by atoms with van der Waals surface area (Å²) in [6, 6.07) is 0. The number of hydrogen-bond donors (Lipinski definition) is 1. The van der Waals surface area contributed by atoms with Crippen molar-refractivity contribution < 1.29 is 4.74 Å². The summed E-state index contributed by atoms with van der Waals surface area (Å²) in [7, 11) is 1.61. The van der Waals surface area contributed by atoms with Crippen LogP contribution in [-0.4, -0.2) is 17.1 Å². The number of rotatable bonds is 3. The number of ether oxygens (including phenoxy) is 1. The molecule has 13 heavy (non-hydrogen) atoms. The molecule has 0 aliphatic rings. The minimum Gasteiger partial charge on any atom is -0.383 e. The van der Waals surface area contributed by atoms with Crippen LogP contribution >= 0.6 is 22.6 Å². The van der Waals surface area contributed by atoms with Gasteiger partial charge in [0.25, 0.3) is 0 Å². The Labute approximate surface area is 91.0 Å². The molecular formula is C8H12IN3O. The number of halogens is 1. The molecule has 0 amide bonds. The normalized spacial score (nSPS) is 10.4. The van der Waals surface area contributed by atoms with Gasteiger partial charge in [-0.05, 0) is 29.0 Å². The van der Waals surface area contributed by atoms with Crippen molar-refractivity contribution in [3.8, 4) is 0 Å². The predicted molar refractivity (Wildman–Crippen MR) is 59.3 cm³/mol. The van der Waals surface area contributed by atoms with Gasteiger partial charge in [0.05, 0.1) is 9.26 Å². The molecule has 0 fully saturated rings. The van der Waals surface area contributed by atoms with Gasteiger partial charge < -0.3 is 10.5 Å². The molecule has 0 radical (unpaired) electrons. The summed E-state index contributed by atoms with van der Waals surface area (Å²) in [5, 5.41) is 0. The Hall–Kier alpha value is -0.430. The van der Waals surface area contributed by atoms with E-state index in [9.17, 15) is 0 Å². The maximum absolute atomic E-state index is 5.71. The molecule has 0 aliphatic heterocycles. The number of nitrogens with zero attached hydrogens (tertiary/aromatic N) is 2. The largest absolute Gasteiger partial charge is 0.383 e. The van der Waals surface area contributed by atoms with Crippen LogP contribution in [0.5, 0.6) is 0 Å². The fraction of sp³-hybridized carbons (Fsp3) is 0.500. The molecule has 1 rings (SSSR count). The van der Waals surface area contributed by atoms with Gasteiger partial charge in [0.1, 0.15) is 12.4 Å². The third kappa shape index (κ3) is 2.50. The molecule has 1 heterocycles. The van der Waals surface area contributed by atoms with Crippen molar-refractivity contribution in [1.82, 2.24) is 9.97 Å². The van der Waals surface area contributed by atoms with Gasteiger partial charge in [-0.2, -0.15) is 0 Å². The van der Waals surface area contributed by atoms with Gasteiger partial charge in [0.15, 0.2) is 5.82 Å². The Balaban J connectivity index is 3.06. The van der Waals surface area contributed by atoms with E-state index in [2.05, 4.69) is 32.6 Å². The van der Waals surface area contributed by atoms with Crippen LogP contribution in [0.2, 0.25) is 0 Å². The average molecular weight is 293 g/mol. The van der Waals surface area contributed by atoms with E-state index in [1.165, 1.54) is 0 Å². The van der Waals surface area contributed by atoms with Crippen molar-refractivity contribution in [3.63, 3.8) is 0 Å². The number of nitrogens with two attached hydrogens (primary N) is 1. The van der Waals surface area contributed by atoms with E-state index < -0.39 is 0 Å². The molecule has 1 aromatic heterocycles. The van der Waals surface area contributed by atoms with Crippen LogP contribution in [0, 0.1) is 3.57 Å². The summed E-state index contributed by atoms with van der Waals surface area (Å²) in [6.45, 7) is 2.45. The van der Waals surface area contributed by atoms with Crippen molar-refractivity contribution in [2.75, 3.05) is 12.8 Å². The maximum atomic E-state index is 5.71. The summed E-state index contributed by atoms with van der Waals surface area (Å²) in [6.07, 6.45) is 0.863. The lowest BCUT2D eigenvalue weighted by atomic mass is 10.3. The molecular weight excluding hydrogens is 281 g/mol. The molecule has 0 unspecified atom stereocenters. The van der Waals surface area contributed by atoms with Crippen molar-refractivity contribution in [2.24, 2.45) is 0 Å². The minimum absolute atomic E-state index is 0.411. The fourth-order valence-electron chi connectivity index (χ4n) is 0.994. The van der Waals surface area contributed by atoms with Gasteiger partial charge >= 0.3 is 0 Å². The van der Waals surface area contributed by atoms with E-state index in [0.717, 1.165) is 15.7 Å². The van der Waals surface area contributed by atoms with Crippen LogP contribution in [0.15, 0.2) is 0 Å². The first kappa shape index (κ1) is 10.6. The summed E-state index contributed by atoms with van der Waals surface area (Å²) in [5.74, 6) is 1.19. The molecule has 0 spiro atoms. The first-order chi connectivity index (χ1) is 6.19. The lowest BCUT2D eigenvalue weighted by Crippen LogP contribution is -2.07. The Bertz CT molecular complexity index is 304. The van der Waals surface area contributed by atoms with Crippen molar-refractivity contribution >= 4 is 28.4 Å². The lowest BCUT2D eigenvalue weighted by molar-refractivity contribution is 0.177. The van der Waals surface area contributed by atoms with Crippen molar-refractivity contribution in [2.45, 2.75) is 20.0 Å². The van der Waals surface area contributed by atoms with E-state index in [4.69, 9.17) is 10.5 Å². The average Bonchev–Trinajstić information content (AvgIpc) is 2.11. The molecule has 2 N–H and O–H groups in total. The van der Waals surface area contributed by atoms with E-state index >= 15 is 0 Å². The Kier molecular flexibility index (Phi) is 3.86. The van der Waals surface area contributed by atoms with Gasteiger partial charge in [-0.25, -0.2) is 9.97 Å². The highest BCUT2D eigenvalue weighted by molar-refractivity contribution is 14.1. The first-order valence-electron chi connectivity index (χ1n) is 3.98. The highest BCUT2D eigenvalue weighted by atomic mass is 127. The smallest absolute Gasteiger partial charge is 0.156 e. The SMILES string of the molecule is CCc1nc(COC)nc(N)c1I. The van der Waals surface area contributed by atoms with Crippen LogP contribution in [0.4, 0.5) is 5.82 Å². The van der Waals surface area contributed by atoms with Gasteiger partial charge in [-0.15, -0.1) is 0 Å². The van der Waals surface area contributed by atoms with E-state index in [1.54, 1.807) is 7.11 Å². The number of nitrogen functional groups attached to an aromatic ring is 1. The van der Waals surface area contributed by atoms with Crippen LogP contribution in [-0.2, 0) is 17.8 Å². The predicted octanol–water partition coefficient (Wildman–Crippen LogP) is 1.37. The Morgan fingerprint density at radius 2 is 2.15 bits per heavy atom. The molecule has 0 atom stereocenters. The molecule has 72 valence electrons. The van der Waals surface area contributed by atoms with E-state index in [1.807, 2.05) is 6.92 Å². The summed E-state index contributed by atoms with van der Waals surface area (Å²) < 4.78 is 5.88. The zero-order valence-corrected chi connectivity index (χ0v) is 9.83. The monoisotopic (exact) mass is 293 g/mol. The highest BCUT2D eigenvalue weighted by Crippen LogP contribution is 2.16. The second kappa shape index (κ2) is 4.71. The van der Waals surface area contributed by atoms with Gasteiger partial charge in [0, 0.05) is 7.11 Å². The maximum Gasteiger partial charge on any atom is 0.156 e. The van der Waals surface area contributed by atoms with Crippen LogP contribution in [0.1, 0.15) is 18.4 Å². The summed E-state index contributed by atoms with van der Waals surface area (Å²) in [5.41, 5.74) is 6.70. The zero-order chi connectivity index (χ0) is 9.84. The second-order valence-electron chi connectivity index (χ2n) is 2.57. The number of hydrogen-bond acceptors (Lipinski definition) is 4. The Morgan fingerprint density at radius 1 is 1.46 bits per heavy atom. The zero-order valence-electron chi connectivity index (χ0n) is 7.67. The Morgan fingerprint density at radius 3 is 2.69 bits per heavy atom. The summed E-state index contributed by atoms with van der Waals surface area (Å²) in [4.78, 5) is 8.42. The highest BCUT2D eigenvalue weighted by Gasteiger charge is 2.07. The molecule has 5 heteroatoms. The van der Waals surface area contributed by atoms with E-state index in [-0.39, 0.29) is 0 Å². The van der Waals surface area contributed by atoms with Crippen LogP contribution < -0.4 is 5.73 Å². The molecule has 0 saturated heterocycles. The van der Waals surface area contributed by atoms with Crippen molar-refractivity contribution in [1.29, 1.82) is 0 Å². The van der Waals surface area contributed by atoms with Crippen LogP contribution in [0.25, 0.3) is 0 Å². The first-order valence-corrected chi connectivity index (χ1v) is 5.06. The van der Waals surface area contributed by atoms with Gasteiger partial charge in [0.2, 0.25) is 0 Å². The van der Waals surface area contributed by atoms with E-state index in [0.29, 0.717) is 18.2 Å². The molecule has 0 bridgehead atoms. The molecule has 0 saturated carbocycles. The molecule has 4 nitrogen and oxygen atoms in total. The summed E-state index contributed by atoms with van der Waals surface area (Å²) >= 11 is 2.16. The van der Waals surface area contributed by atoms with Crippen LogP contribution in [0.3, 0.4) is 0 Å². The lowest BCUT2D eigenvalue weighted by Gasteiger charge is -2.06. The second-order valence-corrected chi connectivity index (χ2v) is 3.65. The number of anilines is 1. The topological polar surface area (TPSA) is 61.0 Å². The third-order valence-electron chi connectivity index (χ3n) is 1.60. The van der Waals surface area contributed by atoms with Gasteiger partial charge in [-0.3, -0.25) is 0 Å². The quantitative estimate of drug-likeness (QED) is 0.855. The minimum atomic E-state index is 0.411. The van der Waals surface area contributed by atoms with Gasteiger partial charge in [-0.1, -0.05) is 6.92 Å². The molecule has 0 aliphatic carbocycles. The number of methoxy groups -OCH3 is 1. The standard InChI is InChI=1S/C8H12IN3O/c1-3-5-7(9)8(10)12-6(11-5)4-13-2/h3-4H2,1-2H3,(H2,10,11,12). The van der Waals surface area contributed by atoms with Crippen molar-refractivity contribution in [3.05, 3.63) is 15.1 Å². The third-order valence-corrected chi connectivity index (χ3v) is 2.78. The molecule has 0 aromatic carbocycles. The molecule has 1 aromatic rings. The number of aryl methyl sites for hydroxylation is 1.